The van der Waals surface area contributed by atoms with E-state index in [9.17, 15) is 4.79 Å². The normalized spacial score (nSPS) is 17.8. The molecule has 1 aromatic rings. The van der Waals surface area contributed by atoms with Crippen molar-refractivity contribution in [3.05, 3.63) is 42.5 Å². The van der Waals surface area contributed by atoms with Crippen LogP contribution in [0.1, 0.15) is 29.6 Å². The molecule has 0 aliphatic carbocycles. The number of carbonyl (C=O) groups is 1. The molecule has 1 unspecified atom stereocenters. The number of carbonyl (C=O) groups excluding carboxylic acids is 1. The Kier molecular flexibility index (Phi) is 7.26. The number of halogens is 1. The van der Waals surface area contributed by atoms with Gasteiger partial charge in [0.25, 0.3) is 5.91 Å². The zero-order valence-electron chi connectivity index (χ0n) is 12.2. The Morgan fingerprint density at radius 2 is 2.10 bits per heavy atom. The lowest BCUT2D eigenvalue weighted by Crippen LogP contribution is -2.47. The number of nitrogens with zero attached hydrogens (tertiary/aromatic N) is 1. The largest absolute Gasteiger partial charge is 0.490 e. The van der Waals surface area contributed by atoms with E-state index < -0.39 is 0 Å². The number of hydrogen-bond donors (Lipinski definition) is 1. The number of ether oxygens (including phenoxy) is 1. The van der Waals surface area contributed by atoms with Crippen molar-refractivity contribution in [2.24, 2.45) is 5.73 Å². The summed E-state index contributed by atoms with van der Waals surface area (Å²) in [4.78, 5) is 14.4. The highest BCUT2D eigenvalue weighted by Gasteiger charge is 2.26. The minimum absolute atomic E-state index is 0. The lowest BCUT2D eigenvalue weighted by molar-refractivity contribution is 0.0623. The number of benzene rings is 1. The molecule has 5 heteroatoms. The molecule has 0 aromatic heterocycles. The highest BCUT2D eigenvalue weighted by Crippen LogP contribution is 2.20. The molecule has 1 fully saturated rings. The van der Waals surface area contributed by atoms with Crippen molar-refractivity contribution in [1.29, 1.82) is 0 Å². The fraction of sp³-hybridized carbons (Fsp3) is 0.438. The molecule has 1 aliphatic heterocycles. The molecule has 4 nitrogen and oxygen atoms in total. The average molecular weight is 311 g/mol. The topological polar surface area (TPSA) is 55.6 Å². The van der Waals surface area contributed by atoms with Gasteiger partial charge >= 0.3 is 0 Å². The van der Waals surface area contributed by atoms with E-state index in [0.717, 1.165) is 31.6 Å². The predicted molar refractivity (Wildman–Crippen MR) is 87.1 cm³/mol. The van der Waals surface area contributed by atoms with Gasteiger partial charge in [0, 0.05) is 24.7 Å². The smallest absolute Gasteiger partial charge is 0.254 e. The highest BCUT2D eigenvalue weighted by molar-refractivity contribution is 5.94. The molecule has 0 saturated carbocycles. The molecule has 2 rings (SSSR count). The molecule has 116 valence electrons. The minimum atomic E-state index is 0. The molecule has 0 radical (unpaired) electrons. The number of rotatable bonds is 5. The molecule has 2 N–H and O–H groups in total. The zero-order valence-corrected chi connectivity index (χ0v) is 13.0. The second-order valence-electron chi connectivity index (χ2n) is 5.01. The van der Waals surface area contributed by atoms with Crippen LogP contribution < -0.4 is 10.5 Å². The molecule has 1 saturated heterocycles. The first-order chi connectivity index (χ1) is 9.76. The van der Waals surface area contributed by atoms with Gasteiger partial charge in [-0.05, 0) is 43.5 Å². The maximum Gasteiger partial charge on any atom is 0.254 e. The van der Waals surface area contributed by atoms with Gasteiger partial charge in [-0.2, -0.15) is 0 Å². The van der Waals surface area contributed by atoms with E-state index in [1.807, 2.05) is 29.2 Å². The summed E-state index contributed by atoms with van der Waals surface area (Å²) in [5, 5.41) is 0. The third-order valence-electron chi connectivity index (χ3n) is 3.63. The Balaban J connectivity index is 0.00000220. The lowest BCUT2D eigenvalue weighted by Gasteiger charge is -2.35. The van der Waals surface area contributed by atoms with Gasteiger partial charge in [-0.15, -0.1) is 12.4 Å². The molecular formula is C16H23ClN2O2. The number of hydrogen-bond acceptors (Lipinski definition) is 3. The van der Waals surface area contributed by atoms with Crippen molar-refractivity contribution < 1.29 is 9.53 Å². The van der Waals surface area contributed by atoms with E-state index in [1.54, 1.807) is 6.08 Å². The number of likely N-dealkylation sites (tertiary alicyclic amines) is 1. The van der Waals surface area contributed by atoms with E-state index >= 15 is 0 Å². The second-order valence-corrected chi connectivity index (χ2v) is 5.01. The summed E-state index contributed by atoms with van der Waals surface area (Å²) in [7, 11) is 0. The Hall–Kier alpha value is -1.52. The van der Waals surface area contributed by atoms with Crippen molar-refractivity contribution in [3.63, 3.8) is 0 Å². The molecule has 1 heterocycles. The summed E-state index contributed by atoms with van der Waals surface area (Å²) < 4.78 is 5.41. The van der Waals surface area contributed by atoms with Crippen LogP contribution in [-0.2, 0) is 0 Å². The van der Waals surface area contributed by atoms with Crippen LogP contribution >= 0.6 is 12.4 Å². The molecule has 1 atom stereocenters. The van der Waals surface area contributed by atoms with Gasteiger partial charge in [-0.25, -0.2) is 0 Å². The van der Waals surface area contributed by atoms with Crippen LogP contribution in [-0.4, -0.2) is 36.5 Å². The maximum atomic E-state index is 12.5. The standard InChI is InChI=1S/C16H22N2O2.ClH/c1-2-11-20-15-8-6-13(7-9-15)16(19)18-10-4-3-5-14(18)12-17;/h2,6-9,14H,1,3-5,10-12,17H2;1H. The van der Waals surface area contributed by atoms with Crippen LogP contribution in [0.3, 0.4) is 0 Å². The van der Waals surface area contributed by atoms with Gasteiger partial charge < -0.3 is 15.4 Å². The molecule has 1 aliphatic rings. The fourth-order valence-corrected chi connectivity index (χ4v) is 2.53. The van der Waals surface area contributed by atoms with Crippen molar-refractivity contribution >= 4 is 18.3 Å². The molecule has 1 amide bonds. The SMILES string of the molecule is C=CCOc1ccc(C(=O)N2CCCCC2CN)cc1.Cl. The van der Waals surface area contributed by atoms with Gasteiger partial charge in [-0.3, -0.25) is 4.79 Å². The fourth-order valence-electron chi connectivity index (χ4n) is 2.53. The van der Waals surface area contributed by atoms with Crippen LogP contribution in [0.25, 0.3) is 0 Å². The summed E-state index contributed by atoms with van der Waals surface area (Å²) in [5.74, 6) is 0.811. The highest BCUT2D eigenvalue weighted by atomic mass is 35.5. The Morgan fingerprint density at radius 1 is 1.38 bits per heavy atom. The van der Waals surface area contributed by atoms with Gasteiger partial charge in [-0.1, -0.05) is 12.7 Å². The van der Waals surface area contributed by atoms with Crippen LogP contribution in [0.4, 0.5) is 0 Å². The van der Waals surface area contributed by atoms with Gasteiger partial charge in [0.05, 0.1) is 0 Å². The van der Waals surface area contributed by atoms with Crippen molar-refractivity contribution in [1.82, 2.24) is 4.90 Å². The van der Waals surface area contributed by atoms with Crippen LogP contribution in [0, 0.1) is 0 Å². The van der Waals surface area contributed by atoms with Crippen LogP contribution in [0.5, 0.6) is 5.75 Å². The summed E-state index contributed by atoms with van der Waals surface area (Å²) in [5.41, 5.74) is 6.46. The predicted octanol–water partition coefficient (Wildman–Crippen LogP) is 2.63. The third kappa shape index (κ3) is 4.48. The van der Waals surface area contributed by atoms with Crippen molar-refractivity contribution in [2.45, 2.75) is 25.3 Å². The molecule has 1 aromatic carbocycles. The van der Waals surface area contributed by atoms with Gasteiger partial charge in [0.2, 0.25) is 0 Å². The van der Waals surface area contributed by atoms with E-state index in [0.29, 0.717) is 18.7 Å². The Bertz CT molecular complexity index is 462. The van der Waals surface area contributed by atoms with Crippen LogP contribution in [0.15, 0.2) is 36.9 Å². The first-order valence-electron chi connectivity index (χ1n) is 7.11. The number of nitrogens with two attached hydrogens (primary N) is 1. The number of piperidine rings is 1. The van der Waals surface area contributed by atoms with Crippen molar-refractivity contribution in [3.8, 4) is 5.75 Å². The molecule has 21 heavy (non-hydrogen) atoms. The summed E-state index contributed by atoms with van der Waals surface area (Å²) >= 11 is 0. The van der Waals surface area contributed by atoms with E-state index in [1.165, 1.54) is 0 Å². The first kappa shape index (κ1) is 17.5. The lowest BCUT2D eigenvalue weighted by atomic mass is 10.0. The van der Waals surface area contributed by atoms with E-state index in [-0.39, 0.29) is 24.4 Å². The van der Waals surface area contributed by atoms with E-state index in [2.05, 4.69) is 6.58 Å². The van der Waals surface area contributed by atoms with Gasteiger partial charge in [0.1, 0.15) is 12.4 Å². The summed E-state index contributed by atoms with van der Waals surface area (Å²) in [6.45, 7) is 5.40. The second kappa shape index (κ2) is 8.70. The molecule has 0 spiro atoms. The Labute approximate surface area is 132 Å². The van der Waals surface area contributed by atoms with Crippen molar-refractivity contribution in [2.75, 3.05) is 19.7 Å². The summed E-state index contributed by atoms with van der Waals surface area (Å²) in [6.07, 6.45) is 4.91. The monoisotopic (exact) mass is 310 g/mol. The maximum absolute atomic E-state index is 12.5. The summed E-state index contributed by atoms with van der Waals surface area (Å²) in [6, 6.07) is 7.43. The quantitative estimate of drug-likeness (QED) is 0.851. The Morgan fingerprint density at radius 3 is 2.71 bits per heavy atom. The van der Waals surface area contributed by atoms with Crippen LogP contribution in [0.2, 0.25) is 0 Å². The third-order valence-corrected chi connectivity index (χ3v) is 3.63. The first-order valence-corrected chi connectivity index (χ1v) is 7.11. The minimum Gasteiger partial charge on any atom is -0.490 e. The zero-order chi connectivity index (χ0) is 14.4. The van der Waals surface area contributed by atoms with E-state index in [4.69, 9.17) is 10.5 Å². The van der Waals surface area contributed by atoms with Gasteiger partial charge in [0.15, 0.2) is 0 Å². The molecular weight excluding hydrogens is 288 g/mol. The molecule has 0 bridgehead atoms. The average Bonchev–Trinajstić information content (AvgIpc) is 2.52. The number of amides is 1.